The van der Waals surface area contributed by atoms with E-state index in [1.807, 2.05) is 18.2 Å². The third-order valence-electron chi connectivity index (χ3n) is 3.17. The van der Waals surface area contributed by atoms with Gasteiger partial charge in [0.2, 0.25) is 0 Å². The van der Waals surface area contributed by atoms with E-state index in [2.05, 4.69) is 13.8 Å². The topological polar surface area (TPSA) is 20.2 Å². The first-order valence-corrected chi connectivity index (χ1v) is 6.69. The summed E-state index contributed by atoms with van der Waals surface area (Å²) in [5, 5.41) is 10.3. The Morgan fingerprint density at radius 2 is 1.65 bits per heavy atom. The molecule has 0 amide bonds. The number of aliphatic hydroxyl groups is 1. The molecule has 0 bridgehead atoms. The lowest BCUT2D eigenvalue weighted by atomic mass is 9.96. The SMILES string of the molecule is CC(C)Cc1cccc(C(O)c2ccc(F)c(F)c2)c1. The molecule has 1 N–H and O–H groups in total. The molecule has 0 aliphatic carbocycles. The van der Waals surface area contributed by atoms with Crippen LogP contribution in [-0.4, -0.2) is 5.11 Å². The van der Waals surface area contributed by atoms with Crippen molar-refractivity contribution < 1.29 is 13.9 Å². The molecule has 0 spiro atoms. The normalized spacial score (nSPS) is 12.7. The standard InChI is InChI=1S/C17H18F2O/c1-11(2)8-12-4-3-5-13(9-12)17(20)14-6-7-15(18)16(19)10-14/h3-7,9-11,17,20H,8H2,1-2H3. The second kappa shape index (κ2) is 6.14. The molecular formula is C17H18F2O. The highest BCUT2D eigenvalue weighted by atomic mass is 19.2. The number of hydrogen-bond acceptors (Lipinski definition) is 1. The molecule has 0 aromatic heterocycles. The van der Waals surface area contributed by atoms with Crippen molar-refractivity contribution in [3.05, 3.63) is 70.8 Å². The van der Waals surface area contributed by atoms with Gasteiger partial charge in [0.25, 0.3) is 0 Å². The summed E-state index contributed by atoms with van der Waals surface area (Å²) in [7, 11) is 0. The minimum Gasteiger partial charge on any atom is -0.384 e. The monoisotopic (exact) mass is 276 g/mol. The van der Waals surface area contributed by atoms with Crippen molar-refractivity contribution >= 4 is 0 Å². The molecule has 0 saturated carbocycles. The Labute approximate surface area is 117 Å². The van der Waals surface area contributed by atoms with E-state index in [1.54, 1.807) is 6.07 Å². The van der Waals surface area contributed by atoms with Crippen molar-refractivity contribution in [3.63, 3.8) is 0 Å². The lowest BCUT2D eigenvalue weighted by Gasteiger charge is -2.14. The number of aliphatic hydroxyl groups excluding tert-OH is 1. The molecule has 20 heavy (non-hydrogen) atoms. The van der Waals surface area contributed by atoms with Gasteiger partial charge in [-0.15, -0.1) is 0 Å². The Morgan fingerprint density at radius 1 is 0.950 bits per heavy atom. The third kappa shape index (κ3) is 3.42. The van der Waals surface area contributed by atoms with Crippen LogP contribution < -0.4 is 0 Å². The van der Waals surface area contributed by atoms with E-state index in [0.717, 1.165) is 24.1 Å². The van der Waals surface area contributed by atoms with Gasteiger partial charge in [0.1, 0.15) is 6.10 Å². The van der Waals surface area contributed by atoms with Crippen LogP contribution in [0.3, 0.4) is 0 Å². The van der Waals surface area contributed by atoms with Crippen molar-refractivity contribution in [2.75, 3.05) is 0 Å². The van der Waals surface area contributed by atoms with Gasteiger partial charge in [0.15, 0.2) is 11.6 Å². The van der Waals surface area contributed by atoms with Crippen molar-refractivity contribution in [2.24, 2.45) is 5.92 Å². The molecular weight excluding hydrogens is 258 g/mol. The maximum absolute atomic E-state index is 13.2. The number of halogens is 2. The average molecular weight is 276 g/mol. The van der Waals surface area contributed by atoms with Crippen molar-refractivity contribution in [3.8, 4) is 0 Å². The highest BCUT2D eigenvalue weighted by Gasteiger charge is 2.13. The fraction of sp³-hybridized carbons (Fsp3) is 0.294. The summed E-state index contributed by atoms with van der Waals surface area (Å²) < 4.78 is 26.1. The van der Waals surface area contributed by atoms with Crippen molar-refractivity contribution in [1.82, 2.24) is 0 Å². The second-order valence-corrected chi connectivity index (χ2v) is 5.42. The van der Waals surface area contributed by atoms with Gasteiger partial charge in [0.05, 0.1) is 0 Å². The molecule has 1 nitrogen and oxygen atoms in total. The maximum Gasteiger partial charge on any atom is 0.159 e. The van der Waals surface area contributed by atoms with Gasteiger partial charge in [-0.2, -0.15) is 0 Å². The summed E-state index contributed by atoms with van der Waals surface area (Å²) in [6.45, 7) is 4.25. The molecule has 106 valence electrons. The lowest BCUT2D eigenvalue weighted by Crippen LogP contribution is -2.03. The van der Waals surface area contributed by atoms with E-state index in [9.17, 15) is 13.9 Å². The lowest BCUT2D eigenvalue weighted by molar-refractivity contribution is 0.219. The van der Waals surface area contributed by atoms with Crippen molar-refractivity contribution in [1.29, 1.82) is 0 Å². The predicted molar refractivity (Wildman–Crippen MR) is 75.4 cm³/mol. The van der Waals surface area contributed by atoms with Gasteiger partial charge in [-0.25, -0.2) is 8.78 Å². The first kappa shape index (κ1) is 14.7. The highest BCUT2D eigenvalue weighted by molar-refractivity contribution is 5.33. The second-order valence-electron chi connectivity index (χ2n) is 5.42. The van der Waals surface area contributed by atoms with Crippen LogP contribution >= 0.6 is 0 Å². The van der Waals surface area contributed by atoms with Crippen LogP contribution in [0.1, 0.15) is 36.6 Å². The van der Waals surface area contributed by atoms with Gasteiger partial charge in [-0.05, 0) is 41.2 Å². The van der Waals surface area contributed by atoms with Gasteiger partial charge in [-0.1, -0.05) is 44.2 Å². The van der Waals surface area contributed by atoms with E-state index in [1.165, 1.54) is 6.07 Å². The van der Waals surface area contributed by atoms with E-state index in [4.69, 9.17) is 0 Å². The van der Waals surface area contributed by atoms with Crippen LogP contribution in [0.2, 0.25) is 0 Å². The number of hydrogen-bond donors (Lipinski definition) is 1. The minimum absolute atomic E-state index is 0.352. The van der Waals surface area contributed by atoms with Crippen LogP contribution in [0.4, 0.5) is 8.78 Å². The first-order valence-electron chi connectivity index (χ1n) is 6.69. The molecule has 0 heterocycles. The zero-order chi connectivity index (χ0) is 14.7. The molecule has 2 aromatic carbocycles. The zero-order valence-electron chi connectivity index (χ0n) is 11.6. The maximum atomic E-state index is 13.2. The summed E-state index contributed by atoms with van der Waals surface area (Å²) in [5.41, 5.74) is 2.17. The molecule has 0 fully saturated rings. The van der Waals surface area contributed by atoms with E-state index in [-0.39, 0.29) is 0 Å². The van der Waals surface area contributed by atoms with Gasteiger partial charge < -0.3 is 5.11 Å². The third-order valence-corrected chi connectivity index (χ3v) is 3.17. The van der Waals surface area contributed by atoms with Crippen molar-refractivity contribution in [2.45, 2.75) is 26.4 Å². The average Bonchev–Trinajstić information content (AvgIpc) is 2.40. The Hall–Kier alpha value is -1.74. The van der Waals surface area contributed by atoms with Crippen LogP contribution in [0, 0.1) is 17.6 Å². The predicted octanol–water partition coefficient (Wildman–Crippen LogP) is 4.25. The fourth-order valence-corrected chi connectivity index (χ4v) is 2.24. The minimum atomic E-state index is -0.947. The Morgan fingerprint density at radius 3 is 2.30 bits per heavy atom. The summed E-state index contributed by atoms with van der Waals surface area (Å²) in [6, 6.07) is 11.0. The first-order chi connectivity index (χ1) is 9.47. The molecule has 1 atom stereocenters. The van der Waals surface area contributed by atoms with Crippen LogP contribution in [0.5, 0.6) is 0 Å². The molecule has 0 radical (unpaired) electrons. The van der Waals surface area contributed by atoms with E-state index < -0.39 is 17.7 Å². The number of benzene rings is 2. The highest BCUT2D eigenvalue weighted by Crippen LogP contribution is 2.24. The number of rotatable bonds is 4. The quantitative estimate of drug-likeness (QED) is 0.885. The van der Waals surface area contributed by atoms with Crippen LogP contribution in [-0.2, 0) is 6.42 Å². The Bertz CT molecular complexity index is 593. The molecule has 0 aliphatic rings. The summed E-state index contributed by atoms with van der Waals surface area (Å²) in [4.78, 5) is 0. The van der Waals surface area contributed by atoms with Crippen LogP contribution in [0.15, 0.2) is 42.5 Å². The summed E-state index contributed by atoms with van der Waals surface area (Å²) in [6.07, 6.45) is -0.0320. The Kier molecular flexibility index (Phi) is 4.50. The molecule has 2 rings (SSSR count). The van der Waals surface area contributed by atoms with Gasteiger partial charge in [-0.3, -0.25) is 0 Å². The van der Waals surface area contributed by atoms with E-state index in [0.29, 0.717) is 17.0 Å². The molecule has 2 aromatic rings. The molecule has 3 heteroatoms. The van der Waals surface area contributed by atoms with Crippen LogP contribution in [0.25, 0.3) is 0 Å². The summed E-state index contributed by atoms with van der Waals surface area (Å²) in [5.74, 6) is -1.33. The van der Waals surface area contributed by atoms with Gasteiger partial charge in [0, 0.05) is 0 Å². The smallest absolute Gasteiger partial charge is 0.159 e. The summed E-state index contributed by atoms with van der Waals surface area (Å²) >= 11 is 0. The molecule has 0 saturated heterocycles. The largest absolute Gasteiger partial charge is 0.384 e. The zero-order valence-corrected chi connectivity index (χ0v) is 11.6. The fourth-order valence-electron chi connectivity index (χ4n) is 2.24. The molecule has 0 aliphatic heterocycles. The van der Waals surface area contributed by atoms with E-state index >= 15 is 0 Å². The molecule has 1 unspecified atom stereocenters. The van der Waals surface area contributed by atoms with Gasteiger partial charge >= 0.3 is 0 Å². The Balaban J connectivity index is 2.28.